The molecule has 1 heterocycles. The minimum absolute atomic E-state index is 0.356. The molecule has 0 saturated carbocycles. The lowest BCUT2D eigenvalue weighted by molar-refractivity contribution is 0.0132. The van der Waals surface area contributed by atoms with Gasteiger partial charge in [-0.2, -0.15) is 12.6 Å². The van der Waals surface area contributed by atoms with Crippen LogP contribution in [0.15, 0.2) is 18.3 Å². The normalized spacial score (nSPS) is 14.7. The molecule has 1 aromatic heterocycles. The summed E-state index contributed by atoms with van der Waals surface area (Å²) in [6.07, 6.45) is 0.0537. The highest BCUT2D eigenvalue weighted by molar-refractivity contribution is 7.80. The van der Waals surface area contributed by atoms with Gasteiger partial charge in [-0.1, -0.05) is 0 Å². The standard InChI is InChI=1S/C10H15NO3S/c1-14-8-3-2-5-11-9(8)10(13)7(12)4-6-15/h2-3,5,7,10,12-13,15H,4,6H2,1H3. The van der Waals surface area contributed by atoms with Crippen molar-refractivity contribution in [1.82, 2.24) is 4.98 Å². The van der Waals surface area contributed by atoms with E-state index in [1.165, 1.54) is 7.11 Å². The summed E-state index contributed by atoms with van der Waals surface area (Å²) in [5.41, 5.74) is 0.356. The summed E-state index contributed by atoms with van der Waals surface area (Å²) < 4.78 is 5.04. The number of thiol groups is 1. The van der Waals surface area contributed by atoms with Gasteiger partial charge >= 0.3 is 0 Å². The van der Waals surface area contributed by atoms with E-state index in [1.807, 2.05) is 0 Å². The van der Waals surface area contributed by atoms with Crippen molar-refractivity contribution in [3.8, 4) is 5.75 Å². The van der Waals surface area contributed by atoms with Crippen molar-refractivity contribution in [3.63, 3.8) is 0 Å². The van der Waals surface area contributed by atoms with Crippen LogP contribution >= 0.6 is 12.6 Å². The van der Waals surface area contributed by atoms with Crippen LogP contribution in [0.3, 0.4) is 0 Å². The molecule has 0 aliphatic carbocycles. The molecule has 0 aliphatic rings. The van der Waals surface area contributed by atoms with Crippen LogP contribution in [0.1, 0.15) is 18.2 Å². The SMILES string of the molecule is COc1cccnc1C(O)C(O)CCS. The second kappa shape index (κ2) is 5.95. The van der Waals surface area contributed by atoms with Crippen molar-refractivity contribution >= 4 is 12.6 Å². The Morgan fingerprint density at radius 2 is 2.27 bits per heavy atom. The molecule has 0 radical (unpaired) electrons. The van der Waals surface area contributed by atoms with E-state index in [0.717, 1.165) is 0 Å². The van der Waals surface area contributed by atoms with Crippen molar-refractivity contribution in [2.45, 2.75) is 18.6 Å². The fourth-order valence-electron chi connectivity index (χ4n) is 1.27. The van der Waals surface area contributed by atoms with Gasteiger partial charge in [-0.15, -0.1) is 0 Å². The van der Waals surface area contributed by atoms with E-state index < -0.39 is 12.2 Å². The predicted octanol–water partition coefficient (Wildman–Crippen LogP) is 0.804. The fourth-order valence-corrected chi connectivity index (χ4v) is 1.53. The van der Waals surface area contributed by atoms with Gasteiger partial charge in [0.1, 0.15) is 17.5 Å². The summed E-state index contributed by atoms with van der Waals surface area (Å²) in [6, 6.07) is 3.40. The summed E-state index contributed by atoms with van der Waals surface area (Å²) >= 11 is 3.99. The zero-order valence-corrected chi connectivity index (χ0v) is 9.39. The number of pyridine rings is 1. The molecule has 0 saturated heterocycles. The molecular weight excluding hydrogens is 214 g/mol. The first-order valence-corrected chi connectivity index (χ1v) is 5.29. The highest BCUT2D eigenvalue weighted by atomic mass is 32.1. The van der Waals surface area contributed by atoms with Crippen LogP contribution in [0, 0.1) is 0 Å². The summed E-state index contributed by atoms with van der Waals surface area (Å²) in [4.78, 5) is 3.99. The van der Waals surface area contributed by atoms with Crippen LogP contribution in [0.5, 0.6) is 5.75 Å². The molecule has 1 rings (SSSR count). The van der Waals surface area contributed by atoms with Gasteiger partial charge in [0.25, 0.3) is 0 Å². The number of hydrogen-bond donors (Lipinski definition) is 3. The molecule has 15 heavy (non-hydrogen) atoms. The largest absolute Gasteiger partial charge is 0.495 e. The summed E-state index contributed by atoms with van der Waals surface area (Å²) in [7, 11) is 1.50. The Labute approximate surface area is 94.3 Å². The summed E-state index contributed by atoms with van der Waals surface area (Å²) in [5.74, 6) is 0.983. The number of aliphatic hydroxyl groups excluding tert-OH is 2. The van der Waals surface area contributed by atoms with E-state index in [0.29, 0.717) is 23.6 Å². The van der Waals surface area contributed by atoms with Crippen molar-refractivity contribution in [2.75, 3.05) is 12.9 Å². The second-order valence-electron chi connectivity index (χ2n) is 3.12. The molecule has 0 fully saturated rings. The van der Waals surface area contributed by atoms with Crippen molar-refractivity contribution in [3.05, 3.63) is 24.0 Å². The quantitative estimate of drug-likeness (QED) is 0.654. The number of aromatic nitrogens is 1. The third kappa shape index (κ3) is 3.09. The van der Waals surface area contributed by atoms with E-state index in [2.05, 4.69) is 17.6 Å². The van der Waals surface area contributed by atoms with Crippen LogP contribution in [0.2, 0.25) is 0 Å². The highest BCUT2D eigenvalue weighted by Crippen LogP contribution is 2.25. The monoisotopic (exact) mass is 229 g/mol. The molecule has 4 nitrogen and oxygen atoms in total. The lowest BCUT2D eigenvalue weighted by atomic mass is 10.1. The molecule has 0 spiro atoms. The van der Waals surface area contributed by atoms with Crippen molar-refractivity contribution in [1.29, 1.82) is 0 Å². The van der Waals surface area contributed by atoms with E-state index >= 15 is 0 Å². The summed E-state index contributed by atoms with van der Waals surface area (Å²) in [5, 5.41) is 19.4. The Morgan fingerprint density at radius 1 is 1.53 bits per heavy atom. The fraction of sp³-hybridized carbons (Fsp3) is 0.500. The second-order valence-corrected chi connectivity index (χ2v) is 3.56. The van der Waals surface area contributed by atoms with Gasteiger partial charge in [0.05, 0.1) is 13.2 Å². The zero-order valence-electron chi connectivity index (χ0n) is 8.50. The molecule has 0 bridgehead atoms. The molecule has 2 N–H and O–H groups in total. The maximum atomic E-state index is 9.81. The Kier molecular flexibility index (Phi) is 4.87. The van der Waals surface area contributed by atoms with E-state index in [1.54, 1.807) is 18.3 Å². The molecule has 5 heteroatoms. The minimum atomic E-state index is -1.03. The number of aliphatic hydroxyl groups is 2. The van der Waals surface area contributed by atoms with Gasteiger partial charge in [0, 0.05) is 6.20 Å². The van der Waals surface area contributed by atoms with Crippen LogP contribution < -0.4 is 4.74 Å². The molecule has 84 valence electrons. The van der Waals surface area contributed by atoms with Crippen molar-refractivity contribution in [2.24, 2.45) is 0 Å². The van der Waals surface area contributed by atoms with Crippen LogP contribution in [0.4, 0.5) is 0 Å². The van der Waals surface area contributed by atoms with Crippen molar-refractivity contribution < 1.29 is 14.9 Å². The highest BCUT2D eigenvalue weighted by Gasteiger charge is 2.22. The third-order valence-electron chi connectivity index (χ3n) is 2.09. The van der Waals surface area contributed by atoms with E-state index in [-0.39, 0.29) is 0 Å². The Bertz CT molecular complexity index is 308. The topological polar surface area (TPSA) is 62.6 Å². The number of nitrogens with zero attached hydrogens (tertiary/aromatic N) is 1. The first-order valence-electron chi connectivity index (χ1n) is 4.66. The Balaban J connectivity index is 2.84. The van der Waals surface area contributed by atoms with Gasteiger partial charge in [0.2, 0.25) is 0 Å². The van der Waals surface area contributed by atoms with Gasteiger partial charge < -0.3 is 14.9 Å². The lowest BCUT2D eigenvalue weighted by Gasteiger charge is -2.18. The average Bonchev–Trinajstić information content (AvgIpc) is 2.28. The van der Waals surface area contributed by atoms with Crippen LogP contribution in [0.25, 0.3) is 0 Å². The Morgan fingerprint density at radius 3 is 2.87 bits per heavy atom. The van der Waals surface area contributed by atoms with Gasteiger partial charge in [-0.3, -0.25) is 4.98 Å². The summed E-state index contributed by atoms with van der Waals surface area (Å²) in [6.45, 7) is 0. The van der Waals surface area contributed by atoms with Gasteiger partial charge in [-0.25, -0.2) is 0 Å². The maximum absolute atomic E-state index is 9.81. The number of methoxy groups -OCH3 is 1. The maximum Gasteiger partial charge on any atom is 0.143 e. The number of ether oxygens (including phenoxy) is 1. The minimum Gasteiger partial charge on any atom is -0.495 e. The Hall–Kier alpha value is -0.780. The average molecular weight is 229 g/mol. The molecule has 0 amide bonds. The third-order valence-corrected chi connectivity index (χ3v) is 2.35. The van der Waals surface area contributed by atoms with E-state index in [4.69, 9.17) is 4.74 Å². The van der Waals surface area contributed by atoms with Crippen LogP contribution in [-0.2, 0) is 0 Å². The predicted molar refractivity (Wildman–Crippen MR) is 60.2 cm³/mol. The van der Waals surface area contributed by atoms with Gasteiger partial charge in [-0.05, 0) is 24.3 Å². The van der Waals surface area contributed by atoms with Crippen LogP contribution in [-0.4, -0.2) is 34.2 Å². The molecule has 2 atom stereocenters. The molecular formula is C10H15NO3S. The number of hydrogen-bond acceptors (Lipinski definition) is 5. The lowest BCUT2D eigenvalue weighted by Crippen LogP contribution is -2.20. The first-order chi connectivity index (χ1) is 7.20. The zero-order chi connectivity index (χ0) is 11.3. The van der Waals surface area contributed by atoms with Gasteiger partial charge in [0.15, 0.2) is 0 Å². The number of rotatable bonds is 5. The first kappa shape index (κ1) is 12.3. The molecule has 0 aliphatic heterocycles. The molecule has 2 unspecified atom stereocenters. The smallest absolute Gasteiger partial charge is 0.143 e. The van der Waals surface area contributed by atoms with E-state index in [9.17, 15) is 10.2 Å². The molecule has 0 aromatic carbocycles. The molecule has 1 aromatic rings.